The highest BCUT2D eigenvalue weighted by atomic mass is 79.9. The lowest BCUT2D eigenvalue weighted by Crippen LogP contribution is -2.24. The Balaban J connectivity index is 2.50. The summed E-state index contributed by atoms with van der Waals surface area (Å²) in [6.45, 7) is 7.90. The smallest absolute Gasteiger partial charge is 0.150 e. The first-order valence-electron chi connectivity index (χ1n) is 8.27. The van der Waals surface area contributed by atoms with E-state index in [4.69, 9.17) is 20.9 Å². The van der Waals surface area contributed by atoms with Gasteiger partial charge in [-0.1, -0.05) is 13.8 Å². The lowest BCUT2D eigenvalue weighted by atomic mass is 9.78. The van der Waals surface area contributed by atoms with Gasteiger partial charge in [0, 0.05) is 5.41 Å². The highest BCUT2D eigenvalue weighted by Gasteiger charge is 2.27. The zero-order valence-corrected chi connectivity index (χ0v) is 21.8. The van der Waals surface area contributed by atoms with Crippen molar-refractivity contribution in [2.75, 3.05) is 0 Å². The lowest BCUT2D eigenvalue weighted by molar-refractivity contribution is 0.226. The van der Waals surface area contributed by atoms with Gasteiger partial charge in [0.1, 0.15) is 24.0 Å². The molecule has 8 heteroatoms. The maximum Gasteiger partial charge on any atom is 0.150 e. The van der Waals surface area contributed by atoms with Gasteiger partial charge in [0.25, 0.3) is 0 Å². The fraction of sp³-hybridized carbons (Fsp3) is 0.368. The number of halogens is 4. The van der Waals surface area contributed by atoms with Gasteiger partial charge in [-0.25, -0.2) is 0 Å². The van der Waals surface area contributed by atoms with Crippen LogP contribution in [-0.2, 0) is 5.41 Å². The molecular formula is C19H22Br4N2O2. The van der Waals surface area contributed by atoms with Crippen LogP contribution >= 0.6 is 63.7 Å². The van der Waals surface area contributed by atoms with Crippen LogP contribution < -0.4 is 20.9 Å². The summed E-state index contributed by atoms with van der Waals surface area (Å²) in [6.07, 6.45) is -0.804. The van der Waals surface area contributed by atoms with Crippen LogP contribution in [0.4, 0.5) is 0 Å². The molecule has 2 rings (SSSR count). The van der Waals surface area contributed by atoms with Crippen molar-refractivity contribution < 1.29 is 9.47 Å². The third-order valence-electron chi connectivity index (χ3n) is 4.05. The Morgan fingerprint density at radius 1 is 0.704 bits per heavy atom. The summed E-state index contributed by atoms with van der Waals surface area (Å²) < 4.78 is 14.7. The minimum Gasteiger partial charge on any atom is -0.474 e. The second-order valence-corrected chi connectivity index (χ2v) is 10.2. The van der Waals surface area contributed by atoms with E-state index in [0.717, 1.165) is 29.0 Å². The molecule has 0 saturated carbocycles. The van der Waals surface area contributed by atoms with Gasteiger partial charge in [0.2, 0.25) is 0 Å². The Morgan fingerprint density at radius 3 is 1.19 bits per heavy atom. The molecule has 0 aliphatic carbocycles. The summed E-state index contributed by atoms with van der Waals surface area (Å²) in [5.74, 6) is 1.38. The van der Waals surface area contributed by atoms with E-state index in [1.165, 1.54) is 0 Å². The van der Waals surface area contributed by atoms with Crippen LogP contribution in [0, 0.1) is 0 Å². The molecule has 0 saturated heterocycles. The molecule has 0 fully saturated rings. The van der Waals surface area contributed by atoms with Crippen molar-refractivity contribution in [3.8, 4) is 11.5 Å². The third kappa shape index (κ3) is 5.48. The van der Waals surface area contributed by atoms with E-state index < -0.39 is 12.5 Å². The van der Waals surface area contributed by atoms with Crippen LogP contribution in [0.15, 0.2) is 42.2 Å². The second kappa shape index (κ2) is 9.13. The van der Waals surface area contributed by atoms with Crippen molar-refractivity contribution in [1.82, 2.24) is 0 Å². The predicted octanol–water partition coefficient (Wildman–Crippen LogP) is 6.43. The molecule has 0 aliphatic rings. The first-order chi connectivity index (χ1) is 12.4. The summed E-state index contributed by atoms with van der Waals surface area (Å²) in [5, 5.41) is 0. The zero-order valence-electron chi connectivity index (χ0n) is 15.4. The minimum atomic E-state index is -0.402. The van der Waals surface area contributed by atoms with E-state index in [2.05, 4.69) is 102 Å². The second-order valence-electron chi connectivity index (χ2n) is 6.81. The van der Waals surface area contributed by atoms with Gasteiger partial charge in [-0.15, -0.1) is 0 Å². The minimum absolute atomic E-state index is 0.282. The summed E-state index contributed by atoms with van der Waals surface area (Å²) in [5.41, 5.74) is 13.5. The van der Waals surface area contributed by atoms with Crippen LogP contribution in [0.5, 0.6) is 11.5 Å². The number of hydrogen-bond donors (Lipinski definition) is 2. The molecule has 0 heterocycles. The van der Waals surface area contributed by atoms with Gasteiger partial charge in [-0.05, 0) is 113 Å². The average Bonchev–Trinajstić information content (AvgIpc) is 2.53. The maximum atomic E-state index is 5.76. The Kier molecular flexibility index (Phi) is 7.84. The Bertz CT molecular complexity index is 725. The van der Waals surface area contributed by atoms with Gasteiger partial charge in [-0.2, -0.15) is 0 Å². The van der Waals surface area contributed by atoms with E-state index in [1.54, 1.807) is 13.8 Å². The summed E-state index contributed by atoms with van der Waals surface area (Å²) in [6, 6.07) is 8.21. The van der Waals surface area contributed by atoms with Gasteiger partial charge >= 0.3 is 0 Å². The van der Waals surface area contributed by atoms with Gasteiger partial charge in [0.05, 0.1) is 17.9 Å². The molecule has 0 bridgehead atoms. The number of hydrogen-bond acceptors (Lipinski definition) is 4. The highest BCUT2D eigenvalue weighted by Crippen LogP contribution is 2.44. The topological polar surface area (TPSA) is 70.5 Å². The van der Waals surface area contributed by atoms with Crippen molar-refractivity contribution in [2.24, 2.45) is 11.5 Å². The van der Waals surface area contributed by atoms with Crippen molar-refractivity contribution in [3.63, 3.8) is 0 Å². The molecule has 4 nitrogen and oxygen atoms in total. The molecule has 2 aromatic carbocycles. The molecule has 0 spiro atoms. The molecule has 2 atom stereocenters. The molecule has 0 aromatic heterocycles. The summed E-state index contributed by atoms with van der Waals surface area (Å²) >= 11 is 14.4. The van der Waals surface area contributed by atoms with Crippen LogP contribution in [0.3, 0.4) is 0 Å². The molecular weight excluding hydrogens is 608 g/mol. The van der Waals surface area contributed by atoms with Crippen molar-refractivity contribution in [2.45, 2.75) is 45.6 Å². The fourth-order valence-electron chi connectivity index (χ4n) is 2.61. The largest absolute Gasteiger partial charge is 0.474 e. The molecule has 0 amide bonds. The van der Waals surface area contributed by atoms with Gasteiger partial charge in [0.15, 0.2) is 0 Å². The molecule has 0 radical (unpaired) electrons. The number of ether oxygens (including phenoxy) is 2. The average molecular weight is 630 g/mol. The maximum absolute atomic E-state index is 5.76. The van der Waals surface area contributed by atoms with Crippen molar-refractivity contribution in [1.29, 1.82) is 0 Å². The fourth-order valence-corrected chi connectivity index (χ4v) is 5.35. The number of nitrogens with two attached hydrogens (primary N) is 2. The lowest BCUT2D eigenvalue weighted by Gasteiger charge is -2.28. The van der Waals surface area contributed by atoms with E-state index in [9.17, 15) is 0 Å². The monoisotopic (exact) mass is 626 g/mol. The van der Waals surface area contributed by atoms with Crippen LogP contribution in [0.2, 0.25) is 0 Å². The molecule has 0 aliphatic heterocycles. The first-order valence-corrected chi connectivity index (χ1v) is 11.4. The van der Waals surface area contributed by atoms with Crippen molar-refractivity contribution in [3.05, 3.63) is 53.3 Å². The molecule has 4 N–H and O–H groups in total. The van der Waals surface area contributed by atoms with Crippen LogP contribution in [-0.4, -0.2) is 12.5 Å². The Morgan fingerprint density at radius 2 is 0.963 bits per heavy atom. The van der Waals surface area contributed by atoms with Crippen LogP contribution in [0.25, 0.3) is 0 Å². The standard InChI is InChI=1S/C19H22Br4N2O2/c1-9(24)26-17-13(20)5-11(6-14(17)21)19(3,4)12-7-15(22)18(16(23)8-12)27-10(2)25/h5-10H,24-25H2,1-4H3. The first kappa shape index (κ1) is 23.2. The molecule has 27 heavy (non-hydrogen) atoms. The SMILES string of the molecule is CC(N)Oc1c(Br)cc(C(C)(C)c2cc(Br)c(OC(C)N)c(Br)c2)cc1Br. The van der Waals surface area contributed by atoms with E-state index in [0.29, 0.717) is 11.5 Å². The Labute approximate surface area is 193 Å². The van der Waals surface area contributed by atoms with E-state index >= 15 is 0 Å². The zero-order chi connectivity index (χ0) is 20.5. The number of rotatable bonds is 6. The molecule has 148 valence electrons. The summed E-state index contributed by atoms with van der Waals surface area (Å²) in [7, 11) is 0. The normalized spacial score (nSPS) is 14.0. The molecule has 2 unspecified atom stereocenters. The van der Waals surface area contributed by atoms with Gasteiger partial charge in [-0.3, -0.25) is 11.5 Å². The highest BCUT2D eigenvalue weighted by molar-refractivity contribution is 9.11. The predicted molar refractivity (Wildman–Crippen MR) is 124 cm³/mol. The number of benzene rings is 2. The van der Waals surface area contributed by atoms with Crippen molar-refractivity contribution >= 4 is 63.7 Å². The summed E-state index contributed by atoms with van der Waals surface area (Å²) in [4.78, 5) is 0. The van der Waals surface area contributed by atoms with E-state index in [1.807, 2.05) is 0 Å². The Hall–Kier alpha value is -0.120. The third-order valence-corrected chi connectivity index (χ3v) is 6.40. The quantitative estimate of drug-likeness (QED) is 0.362. The molecule has 2 aromatic rings. The van der Waals surface area contributed by atoms with E-state index in [-0.39, 0.29) is 5.41 Å². The van der Waals surface area contributed by atoms with Crippen LogP contribution in [0.1, 0.15) is 38.8 Å². The van der Waals surface area contributed by atoms with Gasteiger partial charge < -0.3 is 9.47 Å².